The molecule has 6 heteroatoms. The van der Waals surface area contributed by atoms with Crippen molar-refractivity contribution in [3.63, 3.8) is 0 Å². The summed E-state index contributed by atoms with van der Waals surface area (Å²) >= 11 is 0. The Labute approximate surface area is 107 Å². The molecule has 0 aliphatic carbocycles. The van der Waals surface area contributed by atoms with Crippen LogP contribution in [0.15, 0.2) is 0 Å². The number of carbonyl (C=O) groups excluding carboxylic acids is 1. The summed E-state index contributed by atoms with van der Waals surface area (Å²) in [5, 5.41) is 9.20. The topological polar surface area (TPSA) is 70.1 Å². The van der Waals surface area contributed by atoms with Gasteiger partial charge in [0, 0.05) is 26.7 Å². The Kier molecular flexibility index (Phi) is 4.56. The largest absolute Gasteiger partial charge is 0.480 e. The van der Waals surface area contributed by atoms with Crippen molar-refractivity contribution in [2.75, 3.05) is 26.7 Å². The molecular weight excluding hydrogens is 236 g/mol. The smallest absolute Gasteiger partial charge is 0.329 e. The van der Waals surface area contributed by atoms with E-state index in [1.807, 2.05) is 0 Å². The second-order valence-electron chi connectivity index (χ2n) is 4.98. The van der Waals surface area contributed by atoms with Gasteiger partial charge in [-0.3, -0.25) is 0 Å². The van der Waals surface area contributed by atoms with Gasteiger partial charge in [0.05, 0.1) is 6.10 Å². The third-order valence-electron chi connectivity index (χ3n) is 3.49. The monoisotopic (exact) mass is 258 g/mol. The lowest BCUT2D eigenvalue weighted by molar-refractivity contribution is -0.147. The van der Waals surface area contributed by atoms with Gasteiger partial charge < -0.3 is 19.6 Å². The van der Waals surface area contributed by atoms with E-state index in [-0.39, 0.29) is 12.1 Å². The highest BCUT2D eigenvalue weighted by Crippen LogP contribution is 2.20. The van der Waals surface area contributed by atoms with Crippen LogP contribution in [0.2, 0.25) is 0 Å². The lowest BCUT2D eigenvalue weighted by Gasteiger charge is -2.36. The third-order valence-corrected chi connectivity index (χ3v) is 3.49. The van der Waals surface area contributed by atoms with E-state index in [0.29, 0.717) is 19.6 Å². The minimum atomic E-state index is -1.20. The molecule has 6 nitrogen and oxygen atoms in total. The number of ether oxygens (including phenoxy) is 1. The first kappa shape index (κ1) is 14.8. The lowest BCUT2D eigenvalue weighted by atomic mass is 10.0. The molecule has 1 heterocycles. The quantitative estimate of drug-likeness (QED) is 0.817. The number of likely N-dealkylation sites (N-methyl/N-ethyl adjacent to an activating group) is 1. The van der Waals surface area contributed by atoms with Crippen LogP contribution in [0.3, 0.4) is 0 Å². The second-order valence-corrected chi connectivity index (χ2v) is 4.98. The van der Waals surface area contributed by atoms with E-state index in [4.69, 9.17) is 4.74 Å². The average Bonchev–Trinajstić information content (AvgIpc) is 2.77. The molecule has 1 saturated heterocycles. The molecule has 1 aliphatic heterocycles. The van der Waals surface area contributed by atoms with Gasteiger partial charge in [0.15, 0.2) is 0 Å². The standard InChI is InChI=1S/C12H22N2O4/c1-5-14(12(2,3)10(15)16)11(17)13-7-6-9(8-13)18-4/h9H,5-8H2,1-4H3,(H,15,16). The van der Waals surface area contributed by atoms with Crippen LogP contribution < -0.4 is 0 Å². The van der Waals surface area contributed by atoms with Crippen molar-refractivity contribution in [2.45, 2.75) is 38.8 Å². The first-order chi connectivity index (χ1) is 8.34. The van der Waals surface area contributed by atoms with Crippen LogP contribution in [-0.4, -0.2) is 65.3 Å². The number of rotatable bonds is 4. The number of methoxy groups -OCH3 is 1. The van der Waals surface area contributed by atoms with Crippen molar-refractivity contribution >= 4 is 12.0 Å². The highest BCUT2D eigenvalue weighted by molar-refractivity contribution is 5.85. The molecule has 0 saturated carbocycles. The highest BCUT2D eigenvalue weighted by Gasteiger charge is 2.40. The van der Waals surface area contributed by atoms with Crippen molar-refractivity contribution in [1.82, 2.24) is 9.80 Å². The van der Waals surface area contributed by atoms with Gasteiger partial charge in [-0.05, 0) is 27.2 Å². The van der Waals surface area contributed by atoms with Gasteiger partial charge in [0.2, 0.25) is 0 Å². The number of hydrogen-bond donors (Lipinski definition) is 1. The summed E-state index contributed by atoms with van der Waals surface area (Å²) in [5.74, 6) is -1.000. The summed E-state index contributed by atoms with van der Waals surface area (Å²) in [7, 11) is 1.62. The van der Waals surface area contributed by atoms with Gasteiger partial charge in [0.1, 0.15) is 5.54 Å². The minimum Gasteiger partial charge on any atom is -0.480 e. The summed E-state index contributed by atoms with van der Waals surface area (Å²) < 4.78 is 5.21. The molecule has 104 valence electrons. The summed E-state index contributed by atoms with van der Waals surface area (Å²) in [6.45, 7) is 6.38. The predicted octanol–water partition coefficient (Wildman–Crippen LogP) is 1.01. The molecule has 1 N–H and O–H groups in total. The van der Waals surface area contributed by atoms with Crippen molar-refractivity contribution in [1.29, 1.82) is 0 Å². The number of carboxylic acids is 1. The molecule has 1 fully saturated rings. The van der Waals surface area contributed by atoms with E-state index in [9.17, 15) is 14.7 Å². The maximum absolute atomic E-state index is 12.3. The Bertz CT molecular complexity index is 330. The molecule has 0 aromatic heterocycles. The van der Waals surface area contributed by atoms with Crippen LogP contribution in [0.25, 0.3) is 0 Å². The normalized spacial score (nSPS) is 20.0. The summed E-state index contributed by atoms with van der Waals surface area (Å²) in [5.41, 5.74) is -1.20. The maximum Gasteiger partial charge on any atom is 0.329 e. The number of nitrogens with zero attached hydrogens (tertiary/aromatic N) is 2. The van der Waals surface area contributed by atoms with Crippen molar-refractivity contribution in [3.05, 3.63) is 0 Å². The van der Waals surface area contributed by atoms with Crippen LogP contribution in [0, 0.1) is 0 Å². The molecule has 2 amide bonds. The zero-order chi connectivity index (χ0) is 13.9. The number of urea groups is 1. The molecule has 0 aromatic carbocycles. The molecule has 1 unspecified atom stereocenters. The maximum atomic E-state index is 12.3. The molecule has 1 atom stereocenters. The SMILES string of the molecule is CCN(C(=O)N1CCC(OC)C1)C(C)(C)C(=O)O. The lowest BCUT2D eigenvalue weighted by Crippen LogP contribution is -2.56. The summed E-state index contributed by atoms with van der Waals surface area (Å²) in [6.07, 6.45) is 0.855. The Morgan fingerprint density at radius 3 is 2.50 bits per heavy atom. The van der Waals surface area contributed by atoms with Gasteiger partial charge in [-0.25, -0.2) is 9.59 Å². The molecule has 0 radical (unpaired) electrons. The third kappa shape index (κ3) is 2.75. The Morgan fingerprint density at radius 1 is 1.50 bits per heavy atom. The Morgan fingerprint density at radius 2 is 2.11 bits per heavy atom. The fourth-order valence-electron chi connectivity index (χ4n) is 2.15. The summed E-state index contributed by atoms with van der Waals surface area (Å²) in [4.78, 5) is 26.6. The van der Waals surface area contributed by atoms with Gasteiger partial charge in [-0.1, -0.05) is 0 Å². The van der Waals surface area contributed by atoms with Crippen LogP contribution >= 0.6 is 0 Å². The summed E-state index contributed by atoms with van der Waals surface area (Å²) in [6, 6.07) is -0.232. The highest BCUT2D eigenvalue weighted by atomic mass is 16.5. The number of hydrogen-bond acceptors (Lipinski definition) is 3. The molecule has 0 aromatic rings. The van der Waals surface area contributed by atoms with Crippen LogP contribution in [0.4, 0.5) is 4.79 Å². The van der Waals surface area contributed by atoms with Crippen molar-refractivity contribution < 1.29 is 19.4 Å². The zero-order valence-corrected chi connectivity index (χ0v) is 11.5. The van der Waals surface area contributed by atoms with E-state index in [0.717, 1.165) is 6.42 Å². The molecule has 0 spiro atoms. The zero-order valence-electron chi connectivity index (χ0n) is 11.5. The van der Waals surface area contributed by atoms with E-state index in [1.165, 1.54) is 4.90 Å². The molecule has 1 aliphatic rings. The van der Waals surface area contributed by atoms with Gasteiger partial charge in [0.25, 0.3) is 0 Å². The molecular formula is C12H22N2O4. The minimum absolute atomic E-state index is 0.0561. The van der Waals surface area contributed by atoms with E-state index in [2.05, 4.69) is 0 Å². The Hall–Kier alpha value is -1.30. The van der Waals surface area contributed by atoms with E-state index in [1.54, 1.807) is 32.8 Å². The predicted molar refractivity (Wildman–Crippen MR) is 66.5 cm³/mol. The van der Waals surface area contributed by atoms with Crippen molar-refractivity contribution in [2.24, 2.45) is 0 Å². The van der Waals surface area contributed by atoms with E-state index < -0.39 is 11.5 Å². The average molecular weight is 258 g/mol. The number of aliphatic carboxylic acids is 1. The fraction of sp³-hybridized carbons (Fsp3) is 0.833. The first-order valence-electron chi connectivity index (χ1n) is 6.17. The van der Waals surface area contributed by atoms with Gasteiger partial charge in [-0.2, -0.15) is 0 Å². The number of carboxylic acid groups (broad SMARTS) is 1. The van der Waals surface area contributed by atoms with Crippen LogP contribution in [0.5, 0.6) is 0 Å². The Balaban J connectivity index is 2.78. The second kappa shape index (κ2) is 5.56. The van der Waals surface area contributed by atoms with E-state index >= 15 is 0 Å². The fourth-order valence-corrected chi connectivity index (χ4v) is 2.15. The number of likely N-dealkylation sites (tertiary alicyclic amines) is 1. The molecule has 18 heavy (non-hydrogen) atoms. The van der Waals surface area contributed by atoms with Crippen LogP contribution in [-0.2, 0) is 9.53 Å². The number of carbonyl (C=O) groups is 2. The van der Waals surface area contributed by atoms with Gasteiger partial charge >= 0.3 is 12.0 Å². The van der Waals surface area contributed by atoms with Crippen molar-refractivity contribution in [3.8, 4) is 0 Å². The first-order valence-corrected chi connectivity index (χ1v) is 6.17. The number of amides is 2. The molecule has 0 bridgehead atoms. The molecule has 1 rings (SSSR count). The van der Waals surface area contributed by atoms with Crippen LogP contribution in [0.1, 0.15) is 27.2 Å². The van der Waals surface area contributed by atoms with Gasteiger partial charge in [-0.15, -0.1) is 0 Å².